The van der Waals surface area contributed by atoms with Crippen LogP contribution >= 0.6 is 11.3 Å². The average molecular weight is 378 g/mol. The molecule has 0 saturated carbocycles. The third kappa shape index (κ3) is 4.67. The fraction of sp³-hybridized carbons (Fsp3) is 0.294. The molecule has 0 saturated heterocycles. The van der Waals surface area contributed by atoms with Crippen molar-refractivity contribution >= 4 is 21.2 Å². The molecule has 0 aliphatic heterocycles. The first kappa shape index (κ1) is 17.6. The van der Waals surface area contributed by atoms with Gasteiger partial charge in [-0.1, -0.05) is 23.4 Å². The Kier molecular flexibility index (Phi) is 5.19. The molecule has 3 rings (SSSR count). The molecule has 3 aromatic rings. The number of aryl methyl sites for hydroxylation is 2. The van der Waals surface area contributed by atoms with Crippen molar-refractivity contribution in [3.05, 3.63) is 63.4 Å². The van der Waals surface area contributed by atoms with Gasteiger partial charge in [0.25, 0.3) is 0 Å². The Bertz CT molecular complexity index is 927. The zero-order valence-corrected chi connectivity index (χ0v) is 15.6. The molecule has 0 aliphatic rings. The Morgan fingerprint density at radius 2 is 1.92 bits per heavy atom. The number of rotatable bonds is 7. The normalized spacial score (nSPS) is 11.6. The van der Waals surface area contributed by atoms with E-state index in [2.05, 4.69) is 10.1 Å². The molecule has 0 spiro atoms. The van der Waals surface area contributed by atoms with Gasteiger partial charge in [0.05, 0.1) is 22.9 Å². The van der Waals surface area contributed by atoms with E-state index in [4.69, 9.17) is 9.26 Å². The average Bonchev–Trinajstić information content (AvgIpc) is 3.14. The van der Waals surface area contributed by atoms with E-state index in [1.54, 1.807) is 19.2 Å². The highest BCUT2D eigenvalue weighted by Crippen LogP contribution is 2.20. The van der Waals surface area contributed by atoms with E-state index >= 15 is 0 Å². The summed E-state index contributed by atoms with van der Waals surface area (Å²) < 4.78 is 35.5. The maximum absolute atomic E-state index is 12.4. The van der Waals surface area contributed by atoms with Crippen molar-refractivity contribution in [1.29, 1.82) is 0 Å². The number of thiazole rings is 1. The Labute approximate surface area is 150 Å². The van der Waals surface area contributed by atoms with Crippen molar-refractivity contribution in [2.75, 3.05) is 0 Å². The molecule has 0 aliphatic carbocycles. The fourth-order valence-corrected chi connectivity index (χ4v) is 4.71. The highest BCUT2D eigenvalue weighted by molar-refractivity contribution is 7.89. The maximum atomic E-state index is 12.4. The lowest BCUT2D eigenvalue weighted by Gasteiger charge is -2.03. The molecule has 0 radical (unpaired) electrons. The van der Waals surface area contributed by atoms with Crippen molar-refractivity contribution in [3.63, 3.8) is 0 Å². The lowest BCUT2D eigenvalue weighted by atomic mass is 10.2. The van der Waals surface area contributed by atoms with Crippen LogP contribution in [0, 0.1) is 13.8 Å². The van der Waals surface area contributed by atoms with Crippen molar-refractivity contribution in [2.45, 2.75) is 32.0 Å². The monoisotopic (exact) mass is 378 g/mol. The van der Waals surface area contributed by atoms with Crippen LogP contribution in [0.2, 0.25) is 0 Å². The molecule has 8 heteroatoms. The van der Waals surface area contributed by atoms with Crippen LogP contribution in [0.1, 0.15) is 27.7 Å². The Morgan fingerprint density at radius 1 is 1.16 bits per heavy atom. The Hall–Kier alpha value is -2.19. The van der Waals surface area contributed by atoms with Crippen molar-refractivity contribution < 1.29 is 17.7 Å². The number of para-hydroxylation sites is 1. The minimum absolute atomic E-state index is 0.0957. The van der Waals surface area contributed by atoms with Gasteiger partial charge in [-0.05, 0) is 26.0 Å². The van der Waals surface area contributed by atoms with E-state index in [-0.39, 0.29) is 11.5 Å². The Morgan fingerprint density at radius 3 is 2.60 bits per heavy atom. The van der Waals surface area contributed by atoms with Crippen LogP contribution in [0.15, 0.2) is 40.2 Å². The summed E-state index contributed by atoms with van der Waals surface area (Å²) in [6.45, 7) is 3.77. The predicted octanol–water partition coefficient (Wildman–Crippen LogP) is 3.44. The molecule has 0 unspecified atom stereocenters. The minimum atomic E-state index is -3.35. The summed E-state index contributed by atoms with van der Waals surface area (Å²) >= 11 is 1.39. The van der Waals surface area contributed by atoms with Crippen molar-refractivity contribution in [2.24, 2.45) is 0 Å². The van der Waals surface area contributed by atoms with Gasteiger partial charge in [-0.2, -0.15) is 0 Å². The van der Waals surface area contributed by atoms with Gasteiger partial charge in [0.2, 0.25) is 0 Å². The summed E-state index contributed by atoms with van der Waals surface area (Å²) in [4.78, 5) is 4.36. The molecule has 0 amide bonds. The maximum Gasteiger partial charge on any atom is 0.160 e. The molecule has 132 valence electrons. The predicted molar refractivity (Wildman–Crippen MR) is 95.2 cm³/mol. The quantitative estimate of drug-likeness (QED) is 0.626. The number of benzene rings is 1. The Balaban J connectivity index is 1.62. The lowest BCUT2D eigenvalue weighted by Crippen LogP contribution is -2.09. The summed E-state index contributed by atoms with van der Waals surface area (Å²) in [7, 11) is -3.35. The lowest BCUT2D eigenvalue weighted by molar-refractivity contribution is 0.305. The summed E-state index contributed by atoms with van der Waals surface area (Å²) in [5.74, 6) is 1.09. The zero-order valence-electron chi connectivity index (χ0n) is 13.9. The molecule has 2 heterocycles. The van der Waals surface area contributed by atoms with Gasteiger partial charge < -0.3 is 9.26 Å². The second kappa shape index (κ2) is 7.37. The number of sulfone groups is 1. The third-order valence-electron chi connectivity index (χ3n) is 3.62. The first-order valence-electron chi connectivity index (χ1n) is 7.66. The smallest absolute Gasteiger partial charge is 0.160 e. The molecule has 0 bridgehead atoms. The van der Waals surface area contributed by atoms with Gasteiger partial charge in [0.15, 0.2) is 9.84 Å². The second-order valence-corrected chi connectivity index (χ2v) is 8.68. The summed E-state index contributed by atoms with van der Waals surface area (Å²) in [6.07, 6.45) is 0. The van der Waals surface area contributed by atoms with E-state index in [0.717, 1.165) is 10.8 Å². The van der Waals surface area contributed by atoms with Crippen LogP contribution in [-0.4, -0.2) is 18.6 Å². The molecular formula is C17H18N2O4S2. The number of hydrogen-bond acceptors (Lipinski definition) is 7. The van der Waals surface area contributed by atoms with Crippen LogP contribution in [-0.2, 0) is 27.9 Å². The number of nitrogens with zero attached hydrogens (tertiary/aromatic N) is 2. The number of ether oxygens (including phenoxy) is 1. The second-order valence-electron chi connectivity index (χ2n) is 5.67. The van der Waals surface area contributed by atoms with E-state index in [1.807, 2.05) is 30.3 Å². The fourth-order valence-electron chi connectivity index (χ4n) is 2.35. The van der Waals surface area contributed by atoms with Crippen molar-refractivity contribution in [1.82, 2.24) is 10.1 Å². The van der Waals surface area contributed by atoms with Crippen LogP contribution in [0.4, 0.5) is 0 Å². The van der Waals surface area contributed by atoms with Gasteiger partial charge in [-0.25, -0.2) is 13.4 Å². The zero-order chi connectivity index (χ0) is 17.9. The van der Waals surface area contributed by atoms with Crippen LogP contribution in [0.3, 0.4) is 0 Å². The topological polar surface area (TPSA) is 82.3 Å². The molecule has 0 atom stereocenters. The SMILES string of the molecule is Cc1noc(C)c1CS(=O)(=O)Cc1csc(COc2ccccc2)n1. The van der Waals surface area contributed by atoms with Crippen molar-refractivity contribution in [3.8, 4) is 5.75 Å². The van der Waals surface area contributed by atoms with Gasteiger partial charge >= 0.3 is 0 Å². The third-order valence-corrected chi connectivity index (χ3v) is 5.95. The van der Waals surface area contributed by atoms with E-state index in [1.165, 1.54) is 11.3 Å². The van der Waals surface area contributed by atoms with Crippen LogP contribution < -0.4 is 4.74 Å². The molecule has 0 fully saturated rings. The van der Waals surface area contributed by atoms with E-state index in [0.29, 0.717) is 29.3 Å². The molecule has 2 aromatic heterocycles. The van der Waals surface area contributed by atoms with Crippen LogP contribution in [0.25, 0.3) is 0 Å². The highest BCUT2D eigenvalue weighted by atomic mass is 32.2. The van der Waals surface area contributed by atoms with Crippen LogP contribution in [0.5, 0.6) is 5.75 Å². The van der Waals surface area contributed by atoms with Gasteiger partial charge in [-0.3, -0.25) is 0 Å². The molecule has 25 heavy (non-hydrogen) atoms. The van der Waals surface area contributed by atoms with E-state index in [9.17, 15) is 8.42 Å². The molecular weight excluding hydrogens is 360 g/mol. The summed E-state index contributed by atoms with van der Waals surface area (Å²) in [5, 5.41) is 6.30. The largest absolute Gasteiger partial charge is 0.486 e. The van der Waals surface area contributed by atoms with E-state index < -0.39 is 9.84 Å². The first-order chi connectivity index (χ1) is 11.9. The summed E-state index contributed by atoms with van der Waals surface area (Å²) in [5.41, 5.74) is 1.77. The molecule has 6 nitrogen and oxygen atoms in total. The van der Waals surface area contributed by atoms with Gasteiger partial charge in [0, 0.05) is 10.9 Å². The first-order valence-corrected chi connectivity index (χ1v) is 10.4. The standard InChI is InChI=1S/C17H18N2O4S2/c1-12-16(13(2)23-19-12)11-25(20,21)10-14-9-24-17(18-14)8-22-15-6-4-3-5-7-15/h3-7,9H,8,10-11H2,1-2H3. The van der Waals surface area contributed by atoms with Gasteiger partial charge in [-0.15, -0.1) is 11.3 Å². The molecule has 1 aromatic carbocycles. The summed E-state index contributed by atoms with van der Waals surface area (Å²) in [6, 6.07) is 9.43. The highest BCUT2D eigenvalue weighted by Gasteiger charge is 2.20. The minimum Gasteiger partial charge on any atom is -0.486 e. The number of hydrogen-bond donors (Lipinski definition) is 0. The van der Waals surface area contributed by atoms with Gasteiger partial charge in [0.1, 0.15) is 23.1 Å². The molecule has 0 N–H and O–H groups in total. The number of aromatic nitrogens is 2.